The zero-order chi connectivity index (χ0) is 21.0. The van der Waals surface area contributed by atoms with Crippen LogP contribution in [0.2, 0.25) is 0 Å². The van der Waals surface area contributed by atoms with Crippen molar-refractivity contribution < 1.29 is 14.3 Å². The van der Waals surface area contributed by atoms with E-state index in [0.29, 0.717) is 13.2 Å². The molecule has 0 spiro atoms. The maximum Gasteiger partial charge on any atom is 0.229 e. The van der Waals surface area contributed by atoms with Gasteiger partial charge in [-0.15, -0.1) is 0 Å². The highest BCUT2D eigenvalue weighted by molar-refractivity contribution is 5.94. The molecule has 156 valence electrons. The van der Waals surface area contributed by atoms with E-state index in [9.17, 15) is 4.79 Å². The third kappa shape index (κ3) is 3.98. The second-order valence-electron chi connectivity index (χ2n) is 10.1. The Morgan fingerprint density at radius 2 is 1.76 bits per heavy atom. The summed E-state index contributed by atoms with van der Waals surface area (Å²) in [5, 5.41) is 7.92. The summed E-state index contributed by atoms with van der Waals surface area (Å²) in [5.41, 5.74) is 1.81. The number of ether oxygens (including phenoxy) is 2. The maximum absolute atomic E-state index is 13.0. The Kier molecular flexibility index (Phi) is 4.63. The molecule has 0 bridgehead atoms. The summed E-state index contributed by atoms with van der Waals surface area (Å²) in [6.45, 7) is 13.8. The Labute approximate surface area is 172 Å². The number of anilines is 1. The molecule has 6 nitrogen and oxygen atoms in total. The first kappa shape index (κ1) is 19.8. The Balaban J connectivity index is 1.50. The molecule has 1 fully saturated rings. The van der Waals surface area contributed by atoms with Gasteiger partial charge in [0, 0.05) is 17.4 Å². The molecule has 1 aliphatic carbocycles. The standard InChI is InChI=1S/C23H31N3O3/c1-22(2,3)19-13-20(26(25-19)23(4,5)6)24-21(27)16-12-15(16)14-7-8-17-18(11-14)29-10-9-28-17/h7-8,11,13,15-16H,9-10,12H2,1-6H3,(H,24,27)/t15-,16-/m0/s1. The molecule has 2 aliphatic rings. The average molecular weight is 398 g/mol. The van der Waals surface area contributed by atoms with E-state index in [1.807, 2.05) is 28.9 Å². The lowest BCUT2D eigenvalue weighted by molar-refractivity contribution is -0.117. The van der Waals surface area contributed by atoms with Gasteiger partial charge in [-0.1, -0.05) is 26.8 Å². The zero-order valence-corrected chi connectivity index (χ0v) is 18.2. The predicted octanol–water partition coefficient (Wildman–Crippen LogP) is 4.45. The Bertz CT molecular complexity index is 934. The van der Waals surface area contributed by atoms with Gasteiger partial charge in [0.05, 0.1) is 11.2 Å². The lowest BCUT2D eigenvalue weighted by Crippen LogP contribution is -2.27. The minimum Gasteiger partial charge on any atom is -0.486 e. The third-order valence-corrected chi connectivity index (χ3v) is 5.49. The van der Waals surface area contributed by atoms with Crippen LogP contribution in [0.3, 0.4) is 0 Å². The molecule has 1 saturated carbocycles. The van der Waals surface area contributed by atoms with Crippen molar-refractivity contribution in [1.82, 2.24) is 9.78 Å². The molecule has 0 unspecified atom stereocenters. The number of carbonyl (C=O) groups excluding carboxylic acids is 1. The van der Waals surface area contributed by atoms with Crippen molar-refractivity contribution in [1.29, 1.82) is 0 Å². The lowest BCUT2D eigenvalue weighted by Gasteiger charge is -2.23. The van der Waals surface area contributed by atoms with Gasteiger partial charge in [0.25, 0.3) is 0 Å². The Hall–Kier alpha value is -2.50. The molecule has 2 atom stereocenters. The number of amides is 1. The van der Waals surface area contributed by atoms with Gasteiger partial charge >= 0.3 is 0 Å². The molecular weight excluding hydrogens is 366 g/mol. The van der Waals surface area contributed by atoms with Crippen LogP contribution in [0, 0.1) is 5.92 Å². The molecule has 6 heteroatoms. The van der Waals surface area contributed by atoms with Gasteiger partial charge in [0.15, 0.2) is 11.5 Å². The minimum atomic E-state index is -0.217. The van der Waals surface area contributed by atoms with Crippen LogP contribution < -0.4 is 14.8 Å². The van der Waals surface area contributed by atoms with Crippen LogP contribution in [-0.2, 0) is 15.7 Å². The van der Waals surface area contributed by atoms with Gasteiger partial charge in [-0.25, -0.2) is 4.68 Å². The molecule has 1 aliphatic heterocycles. The first-order chi connectivity index (χ1) is 13.5. The van der Waals surface area contributed by atoms with Crippen molar-refractivity contribution >= 4 is 11.7 Å². The van der Waals surface area contributed by atoms with Crippen LogP contribution in [0.4, 0.5) is 5.82 Å². The van der Waals surface area contributed by atoms with Crippen molar-refractivity contribution in [2.24, 2.45) is 5.92 Å². The fourth-order valence-electron chi connectivity index (χ4n) is 3.71. The van der Waals surface area contributed by atoms with Crippen LogP contribution in [0.15, 0.2) is 24.3 Å². The highest BCUT2D eigenvalue weighted by Gasteiger charge is 2.44. The molecule has 1 amide bonds. The SMILES string of the molecule is CC(C)(C)c1cc(NC(=O)[C@H]2C[C@H]2c2ccc3c(c2)OCCO3)n(C(C)(C)C)n1. The van der Waals surface area contributed by atoms with Gasteiger partial charge in [0.1, 0.15) is 19.0 Å². The lowest BCUT2D eigenvalue weighted by atomic mass is 9.92. The van der Waals surface area contributed by atoms with E-state index in [2.05, 4.69) is 46.9 Å². The zero-order valence-electron chi connectivity index (χ0n) is 18.2. The molecule has 1 aromatic heterocycles. The van der Waals surface area contributed by atoms with Crippen LogP contribution >= 0.6 is 0 Å². The van der Waals surface area contributed by atoms with Crippen molar-refractivity contribution in [3.63, 3.8) is 0 Å². The van der Waals surface area contributed by atoms with Gasteiger partial charge < -0.3 is 14.8 Å². The number of fused-ring (bicyclic) bond motifs is 1. The van der Waals surface area contributed by atoms with Gasteiger partial charge in [-0.3, -0.25) is 4.79 Å². The number of benzene rings is 1. The number of nitrogens with one attached hydrogen (secondary N) is 1. The van der Waals surface area contributed by atoms with Crippen molar-refractivity contribution in [2.75, 3.05) is 18.5 Å². The van der Waals surface area contributed by atoms with Gasteiger partial charge in [-0.05, 0) is 50.8 Å². The number of rotatable bonds is 3. The smallest absolute Gasteiger partial charge is 0.229 e. The minimum absolute atomic E-state index is 0.0287. The second kappa shape index (κ2) is 6.78. The monoisotopic (exact) mass is 397 g/mol. The molecular formula is C23H31N3O3. The van der Waals surface area contributed by atoms with Crippen molar-refractivity contribution in [2.45, 2.75) is 64.8 Å². The molecule has 4 rings (SSSR count). The molecule has 0 radical (unpaired) electrons. The number of nitrogens with zero attached hydrogens (tertiary/aromatic N) is 2. The summed E-state index contributed by atoms with van der Waals surface area (Å²) in [4.78, 5) is 13.0. The van der Waals surface area contributed by atoms with E-state index >= 15 is 0 Å². The second-order valence-corrected chi connectivity index (χ2v) is 10.1. The Morgan fingerprint density at radius 3 is 2.41 bits per heavy atom. The van der Waals surface area contributed by atoms with Crippen LogP contribution in [-0.4, -0.2) is 28.9 Å². The molecule has 1 aromatic carbocycles. The Morgan fingerprint density at radius 1 is 1.07 bits per heavy atom. The van der Waals surface area contributed by atoms with Crippen LogP contribution in [0.1, 0.15) is 65.1 Å². The number of carbonyl (C=O) groups is 1. The summed E-state index contributed by atoms with van der Waals surface area (Å²) in [6, 6.07) is 8.01. The number of hydrogen-bond donors (Lipinski definition) is 1. The number of hydrogen-bond acceptors (Lipinski definition) is 4. The van der Waals surface area contributed by atoms with Crippen molar-refractivity contribution in [3.8, 4) is 11.5 Å². The largest absolute Gasteiger partial charge is 0.486 e. The summed E-state index contributed by atoms with van der Waals surface area (Å²) in [7, 11) is 0. The van der Waals surface area contributed by atoms with E-state index in [1.165, 1.54) is 0 Å². The highest BCUT2D eigenvalue weighted by Crippen LogP contribution is 2.50. The van der Waals surface area contributed by atoms with E-state index in [0.717, 1.165) is 35.0 Å². The van der Waals surface area contributed by atoms with Crippen LogP contribution in [0.5, 0.6) is 11.5 Å². The first-order valence-corrected chi connectivity index (χ1v) is 10.4. The van der Waals surface area contributed by atoms with Gasteiger partial charge in [0.2, 0.25) is 5.91 Å². The quantitative estimate of drug-likeness (QED) is 0.831. The van der Waals surface area contributed by atoms with Crippen LogP contribution in [0.25, 0.3) is 0 Å². The summed E-state index contributed by atoms with van der Waals surface area (Å²) >= 11 is 0. The first-order valence-electron chi connectivity index (χ1n) is 10.4. The summed E-state index contributed by atoms with van der Waals surface area (Å²) in [6.07, 6.45) is 0.848. The molecule has 29 heavy (non-hydrogen) atoms. The summed E-state index contributed by atoms with van der Waals surface area (Å²) < 4.78 is 13.2. The van der Waals surface area contributed by atoms with Crippen molar-refractivity contribution in [3.05, 3.63) is 35.5 Å². The molecule has 1 N–H and O–H groups in total. The summed E-state index contributed by atoms with van der Waals surface area (Å²) in [5.74, 6) is 2.57. The molecule has 2 aromatic rings. The van der Waals surface area contributed by atoms with E-state index in [4.69, 9.17) is 14.6 Å². The molecule has 2 heterocycles. The predicted molar refractivity (Wildman–Crippen MR) is 113 cm³/mol. The van der Waals surface area contributed by atoms with E-state index in [-0.39, 0.29) is 28.7 Å². The van der Waals surface area contributed by atoms with E-state index in [1.54, 1.807) is 0 Å². The fraction of sp³-hybridized carbons (Fsp3) is 0.565. The topological polar surface area (TPSA) is 65.4 Å². The van der Waals surface area contributed by atoms with Gasteiger partial charge in [-0.2, -0.15) is 5.10 Å². The fourth-order valence-corrected chi connectivity index (χ4v) is 3.71. The number of aromatic nitrogens is 2. The average Bonchev–Trinajstić information content (AvgIpc) is 3.32. The maximum atomic E-state index is 13.0. The highest BCUT2D eigenvalue weighted by atomic mass is 16.6. The third-order valence-electron chi connectivity index (χ3n) is 5.49. The normalized spacial score (nSPS) is 21.0. The molecule has 0 saturated heterocycles. The van der Waals surface area contributed by atoms with E-state index < -0.39 is 0 Å².